The summed E-state index contributed by atoms with van der Waals surface area (Å²) in [7, 11) is 0. The molecule has 9 nitrogen and oxygen atoms in total. The van der Waals surface area contributed by atoms with Gasteiger partial charge < -0.3 is 4.74 Å². The van der Waals surface area contributed by atoms with Gasteiger partial charge in [0.15, 0.2) is 0 Å². The number of barbiturate groups is 1. The Morgan fingerprint density at radius 1 is 0.944 bits per heavy atom. The Kier molecular flexibility index (Phi) is 7.67. The largest absolute Gasteiger partial charge is 0.487 e. The van der Waals surface area contributed by atoms with Gasteiger partial charge in [-0.15, -0.1) is 0 Å². The van der Waals surface area contributed by atoms with Crippen LogP contribution < -0.4 is 15.0 Å². The molecule has 0 radical (unpaired) electrons. The first-order valence-electron chi connectivity index (χ1n) is 10.2. The number of carbonyl (C=O) groups excluding carboxylic acids is 3. The molecule has 4 amide bonds. The van der Waals surface area contributed by atoms with Crippen LogP contribution in [-0.2, 0) is 16.2 Å². The van der Waals surface area contributed by atoms with E-state index in [1.54, 1.807) is 48.5 Å². The van der Waals surface area contributed by atoms with Crippen molar-refractivity contribution in [3.05, 3.63) is 101 Å². The number of hydrogen-bond donors (Lipinski definition) is 1. The second-order valence-electron chi connectivity index (χ2n) is 7.45. The van der Waals surface area contributed by atoms with Gasteiger partial charge in [0.05, 0.1) is 15.1 Å². The Morgan fingerprint density at radius 2 is 1.61 bits per heavy atom. The maximum Gasteiger partial charge on any atom is 0.335 e. The van der Waals surface area contributed by atoms with Crippen molar-refractivity contribution in [3.8, 4) is 5.75 Å². The van der Waals surface area contributed by atoms with E-state index in [9.17, 15) is 24.5 Å². The van der Waals surface area contributed by atoms with Crippen molar-refractivity contribution in [2.75, 3.05) is 4.90 Å². The van der Waals surface area contributed by atoms with E-state index in [-0.39, 0.29) is 17.9 Å². The maximum atomic E-state index is 13.2. The van der Waals surface area contributed by atoms with Crippen molar-refractivity contribution in [1.29, 1.82) is 0 Å². The number of urea groups is 1. The highest BCUT2D eigenvalue weighted by Gasteiger charge is 2.37. The molecule has 0 atom stereocenters. The first-order valence-corrected chi connectivity index (χ1v) is 12.5. The molecule has 0 aromatic heterocycles. The fraction of sp³-hybridized carbons (Fsp3) is 0.0417. The summed E-state index contributed by atoms with van der Waals surface area (Å²) < 4.78 is 7.90. The number of halogens is 3. The molecule has 0 spiro atoms. The molecular formula is C24H14Br3N3O6. The number of non-ortho nitro benzene ring substituents is 1. The number of nitrogens with zero attached hydrogens (tertiary/aromatic N) is 2. The van der Waals surface area contributed by atoms with Crippen molar-refractivity contribution in [3.63, 3.8) is 0 Å². The van der Waals surface area contributed by atoms with Gasteiger partial charge in [-0.1, -0.05) is 31.9 Å². The summed E-state index contributed by atoms with van der Waals surface area (Å²) in [4.78, 5) is 49.6. The lowest BCUT2D eigenvalue weighted by Crippen LogP contribution is -2.54. The molecule has 182 valence electrons. The average Bonchev–Trinajstić information content (AvgIpc) is 2.82. The van der Waals surface area contributed by atoms with Crippen molar-refractivity contribution >= 4 is 83.1 Å². The van der Waals surface area contributed by atoms with Gasteiger partial charge in [0.2, 0.25) is 0 Å². The lowest BCUT2D eigenvalue weighted by Gasteiger charge is -2.26. The minimum absolute atomic E-state index is 0.0410. The van der Waals surface area contributed by atoms with Crippen molar-refractivity contribution < 1.29 is 24.0 Å². The van der Waals surface area contributed by atoms with Gasteiger partial charge in [0.25, 0.3) is 17.5 Å². The number of nitrogens with one attached hydrogen (secondary N) is 1. The smallest absolute Gasteiger partial charge is 0.335 e. The minimum atomic E-state index is -0.852. The molecule has 1 aliphatic rings. The van der Waals surface area contributed by atoms with Crippen LogP contribution in [0.15, 0.2) is 79.7 Å². The third-order valence-electron chi connectivity index (χ3n) is 5.05. The first-order chi connectivity index (χ1) is 17.1. The maximum absolute atomic E-state index is 13.2. The monoisotopic (exact) mass is 677 g/mol. The summed E-state index contributed by atoms with van der Waals surface area (Å²) >= 11 is 10.1. The first kappa shape index (κ1) is 25.7. The molecule has 1 heterocycles. The fourth-order valence-electron chi connectivity index (χ4n) is 3.35. The molecule has 4 rings (SSSR count). The van der Waals surface area contributed by atoms with Gasteiger partial charge >= 0.3 is 6.03 Å². The van der Waals surface area contributed by atoms with Crippen LogP contribution >= 0.6 is 47.8 Å². The Bertz CT molecular complexity index is 1420. The number of benzene rings is 3. The normalized spacial score (nSPS) is 14.7. The Labute approximate surface area is 229 Å². The lowest BCUT2D eigenvalue weighted by molar-refractivity contribution is -0.384. The van der Waals surface area contributed by atoms with Crippen LogP contribution in [0.1, 0.15) is 11.1 Å². The summed E-state index contributed by atoms with van der Waals surface area (Å²) in [6.07, 6.45) is 1.34. The second-order valence-corrected chi connectivity index (χ2v) is 10.1. The Morgan fingerprint density at radius 3 is 2.25 bits per heavy atom. The van der Waals surface area contributed by atoms with Gasteiger partial charge in [-0.05, 0) is 76.1 Å². The zero-order valence-electron chi connectivity index (χ0n) is 18.0. The summed E-state index contributed by atoms with van der Waals surface area (Å²) in [6, 6.07) is 14.9. The van der Waals surface area contributed by atoms with Crippen LogP contribution in [0.3, 0.4) is 0 Å². The van der Waals surface area contributed by atoms with Crippen LogP contribution in [-0.4, -0.2) is 22.8 Å². The molecule has 36 heavy (non-hydrogen) atoms. The topological polar surface area (TPSA) is 119 Å². The van der Waals surface area contributed by atoms with E-state index in [0.717, 1.165) is 9.37 Å². The quantitative estimate of drug-likeness (QED) is 0.145. The minimum Gasteiger partial charge on any atom is -0.487 e. The molecule has 1 aliphatic heterocycles. The summed E-state index contributed by atoms with van der Waals surface area (Å²) in [5, 5.41) is 13.1. The summed E-state index contributed by atoms with van der Waals surface area (Å²) in [6.45, 7) is 0.0675. The molecule has 0 aliphatic carbocycles. The number of hydrogen-bond acceptors (Lipinski definition) is 6. The number of nitro groups is 1. The SMILES string of the molecule is O=C1NC(=O)N(c2ccc(Br)cc2)C(=O)/C1=C/c1cc(Br)cc(Br)c1OCc1ccc([N+](=O)[O-])cc1. The number of rotatable bonds is 6. The van der Waals surface area contributed by atoms with Crippen molar-refractivity contribution in [2.24, 2.45) is 0 Å². The highest BCUT2D eigenvalue weighted by molar-refractivity contribution is 9.11. The predicted molar refractivity (Wildman–Crippen MR) is 142 cm³/mol. The van der Waals surface area contributed by atoms with Gasteiger partial charge in [-0.3, -0.25) is 25.0 Å². The Balaban J connectivity index is 1.67. The van der Waals surface area contributed by atoms with Crippen LogP contribution in [0.5, 0.6) is 5.75 Å². The molecule has 12 heteroatoms. The van der Waals surface area contributed by atoms with E-state index in [1.165, 1.54) is 18.2 Å². The second kappa shape index (κ2) is 10.7. The van der Waals surface area contributed by atoms with Crippen LogP contribution in [0.2, 0.25) is 0 Å². The van der Waals surface area contributed by atoms with E-state index >= 15 is 0 Å². The van der Waals surface area contributed by atoms with Gasteiger partial charge in [0.1, 0.15) is 17.9 Å². The van der Waals surface area contributed by atoms with E-state index in [1.807, 2.05) is 0 Å². The van der Waals surface area contributed by atoms with E-state index in [4.69, 9.17) is 4.74 Å². The molecule has 3 aromatic carbocycles. The zero-order valence-corrected chi connectivity index (χ0v) is 22.8. The molecule has 0 bridgehead atoms. The van der Waals surface area contributed by atoms with E-state index in [0.29, 0.717) is 31.5 Å². The molecular weight excluding hydrogens is 666 g/mol. The molecule has 1 saturated heterocycles. The third kappa shape index (κ3) is 5.55. The number of imide groups is 2. The number of ether oxygens (including phenoxy) is 1. The van der Waals surface area contributed by atoms with E-state index < -0.39 is 22.8 Å². The standard InChI is InChI=1S/C24H14Br3N3O6/c25-15-3-7-17(8-4-15)29-23(32)19(22(31)28-24(29)33)10-14-9-16(26)11-20(27)21(14)36-12-13-1-5-18(6-2-13)30(34)35/h1-11H,12H2,(H,28,31,33)/b19-10+. The number of amides is 4. The molecule has 1 N–H and O–H groups in total. The van der Waals surface area contributed by atoms with Gasteiger partial charge in [0, 0.05) is 26.6 Å². The molecule has 0 unspecified atom stereocenters. The number of carbonyl (C=O) groups is 3. The van der Waals surface area contributed by atoms with Crippen molar-refractivity contribution in [1.82, 2.24) is 5.32 Å². The molecule has 0 saturated carbocycles. The third-order valence-corrected chi connectivity index (χ3v) is 6.63. The number of nitro benzene ring substituents is 1. The van der Waals surface area contributed by atoms with Crippen LogP contribution in [0.25, 0.3) is 6.08 Å². The van der Waals surface area contributed by atoms with Gasteiger partial charge in [-0.25, -0.2) is 9.69 Å². The van der Waals surface area contributed by atoms with E-state index in [2.05, 4.69) is 53.1 Å². The zero-order chi connectivity index (χ0) is 26.0. The predicted octanol–water partition coefficient (Wildman–Crippen LogP) is 6.13. The molecule has 1 fully saturated rings. The Hall–Kier alpha value is -3.35. The number of anilines is 1. The van der Waals surface area contributed by atoms with Crippen LogP contribution in [0, 0.1) is 10.1 Å². The van der Waals surface area contributed by atoms with Crippen molar-refractivity contribution in [2.45, 2.75) is 6.61 Å². The fourth-order valence-corrected chi connectivity index (χ4v) is 4.98. The average molecular weight is 680 g/mol. The summed E-state index contributed by atoms with van der Waals surface area (Å²) in [5.74, 6) is -1.30. The lowest BCUT2D eigenvalue weighted by atomic mass is 10.1. The highest BCUT2D eigenvalue weighted by Crippen LogP contribution is 2.36. The summed E-state index contributed by atoms with van der Waals surface area (Å²) in [5.41, 5.74) is 1.06. The molecule has 3 aromatic rings. The highest BCUT2D eigenvalue weighted by atomic mass is 79.9. The van der Waals surface area contributed by atoms with Crippen LogP contribution in [0.4, 0.5) is 16.2 Å². The van der Waals surface area contributed by atoms with Gasteiger partial charge in [-0.2, -0.15) is 0 Å².